The number of benzene rings is 1. The van der Waals surface area contributed by atoms with Crippen LogP contribution in [0.5, 0.6) is 0 Å². The molecular formula is C22H32N4O3+2. The number of carbonyl (C=O) groups is 2. The van der Waals surface area contributed by atoms with Crippen molar-refractivity contribution in [3.63, 3.8) is 0 Å². The zero-order valence-electron chi connectivity index (χ0n) is 17.3. The summed E-state index contributed by atoms with van der Waals surface area (Å²) >= 11 is 0. The van der Waals surface area contributed by atoms with Gasteiger partial charge in [-0.25, -0.2) is 0 Å². The Hall–Kier alpha value is -2.64. The molecule has 0 aliphatic carbocycles. The average molecular weight is 401 g/mol. The van der Waals surface area contributed by atoms with Gasteiger partial charge in [-0.3, -0.25) is 9.59 Å². The van der Waals surface area contributed by atoms with E-state index < -0.39 is 11.8 Å². The van der Waals surface area contributed by atoms with E-state index in [-0.39, 0.29) is 6.04 Å². The van der Waals surface area contributed by atoms with E-state index in [1.165, 1.54) is 20.9 Å². The molecule has 7 heteroatoms. The van der Waals surface area contributed by atoms with Crippen LogP contribution in [-0.4, -0.2) is 52.1 Å². The largest absolute Gasteiger partial charge is 0.463 e. The maximum absolute atomic E-state index is 12.3. The first-order chi connectivity index (χ1) is 14.0. The van der Waals surface area contributed by atoms with Crippen LogP contribution in [0.3, 0.4) is 0 Å². The van der Waals surface area contributed by atoms with Crippen LogP contribution in [0.2, 0.25) is 0 Å². The van der Waals surface area contributed by atoms with E-state index in [1.54, 1.807) is 6.26 Å². The number of furan rings is 1. The molecule has 0 radical (unpaired) electrons. The number of hydrogen-bond acceptors (Lipinski definition) is 3. The van der Waals surface area contributed by atoms with Gasteiger partial charge in [0.1, 0.15) is 6.54 Å². The molecule has 156 valence electrons. The summed E-state index contributed by atoms with van der Waals surface area (Å²) in [4.78, 5) is 27.0. The van der Waals surface area contributed by atoms with Gasteiger partial charge in [-0.2, -0.15) is 0 Å². The van der Waals surface area contributed by atoms with Gasteiger partial charge in [-0.1, -0.05) is 24.3 Å². The number of carbonyl (C=O) groups excluding carboxylic acids is 2. The summed E-state index contributed by atoms with van der Waals surface area (Å²) in [5.41, 5.74) is 2.72. The van der Waals surface area contributed by atoms with Crippen molar-refractivity contribution in [2.24, 2.45) is 0 Å². The molecule has 1 unspecified atom stereocenters. The molecule has 1 aromatic carbocycles. The summed E-state index contributed by atoms with van der Waals surface area (Å²) in [7, 11) is 4.12. The van der Waals surface area contributed by atoms with E-state index in [1.807, 2.05) is 12.1 Å². The molecule has 2 amide bonds. The molecule has 0 saturated heterocycles. The normalized spacial score (nSPS) is 16.9. The highest BCUT2D eigenvalue weighted by Gasteiger charge is 2.31. The fourth-order valence-electron chi connectivity index (χ4n) is 3.83. The van der Waals surface area contributed by atoms with Crippen LogP contribution in [0.1, 0.15) is 29.3 Å². The lowest BCUT2D eigenvalue weighted by molar-refractivity contribution is -0.946. The van der Waals surface area contributed by atoms with Crippen molar-refractivity contribution >= 4 is 11.8 Å². The Labute approximate surface area is 172 Å². The SMILES string of the molecule is C[NH+](C)CCCNC(=O)C(=O)NC[C@H](c1ccco1)[NH+]1CCc2ccccc2C1. The van der Waals surface area contributed by atoms with Gasteiger partial charge in [0.25, 0.3) is 0 Å². The van der Waals surface area contributed by atoms with Gasteiger partial charge in [-0.05, 0) is 17.7 Å². The fourth-order valence-corrected chi connectivity index (χ4v) is 3.83. The number of hydrogen-bond donors (Lipinski definition) is 4. The molecule has 4 N–H and O–H groups in total. The van der Waals surface area contributed by atoms with Crippen molar-refractivity contribution in [1.82, 2.24) is 10.6 Å². The van der Waals surface area contributed by atoms with Gasteiger partial charge in [-0.15, -0.1) is 0 Å². The first-order valence-electron chi connectivity index (χ1n) is 10.3. The third kappa shape index (κ3) is 5.92. The Morgan fingerprint density at radius 1 is 1.10 bits per heavy atom. The minimum absolute atomic E-state index is 0.0348. The van der Waals surface area contributed by atoms with Crippen LogP contribution in [-0.2, 0) is 22.6 Å². The predicted octanol–water partition coefficient (Wildman–Crippen LogP) is -1.27. The molecule has 3 rings (SSSR count). The van der Waals surface area contributed by atoms with Gasteiger partial charge in [0, 0.05) is 24.9 Å². The van der Waals surface area contributed by atoms with E-state index >= 15 is 0 Å². The predicted molar refractivity (Wildman–Crippen MR) is 109 cm³/mol. The van der Waals surface area contributed by atoms with Crippen LogP contribution in [0, 0.1) is 0 Å². The lowest BCUT2D eigenvalue weighted by Crippen LogP contribution is -3.12. The quantitative estimate of drug-likeness (QED) is 0.330. The van der Waals surface area contributed by atoms with E-state index in [9.17, 15) is 9.59 Å². The van der Waals surface area contributed by atoms with Gasteiger partial charge in [0.05, 0.1) is 40.0 Å². The summed E-state index contributed by atoms with van der Waals surface area (Å²) in [5.74, 6) is -0.333. The second-order valence-electron chi connectivity index (χ2n) is 7.95. The summed E-state index contributed by atoms with van der Waals surface area (Å²) in [5, 5.41) is 5.50. The van der Waals surface area contributed by atoms with Crippen LogP contribution < -0.4 is 20.4 Å². The van der Waals surface area contributed by atoms with Crippen molar-refractivity contribution in [2.45, 2.75) is 25.4 Å². The molecule has 0 spiro atoms. The van der Waals surface area contributed by atoms with E-state index in [2.05, 4.69) is 49.0 Å². The van der Waals surface area contributed by atoms with Gasteiger partial charge in [0.2, 0.25) is 0 Å². The lowest BCUT2D eigenvalue weighted by atomic mass is 9.98. The smallest absolute Gasteiger partial charge is 0.309 e. The zero-order valence-corrected chi connectivity index (χ0v) is 17.3. The minimum Gasteiger partial charge on any atom is -0.463 e. The summed E-state index contributed by atoms with van der Waals surface area (Å²) in [6.07, 6.45) is 3.49. The van der Waals surface area contributed by atoms with E-state index in [0.29, 0.717) is 13.1 Å². The Kier molecular flexibility index (Phi) is 7.43. The van der Waals surface area contributed by atoms with E-state index in [4.69, 9.17) is 4.42 Å². The average Bonchev–Trinajstić information content (AvgIpc) is 3.25. The highest BCUT2D eigenvalue weighted by Crippen LogP contribution is 2.15. The van der Waals surface area contributed by atoms with Gasteiger partial charge in [0.15, 0.2) is 11.8 Å². The molecule has 2 heterocycles. The molecule has 0 bridgehead atoms. The second-order valence-corrected chi connectivity index (χ2v) is 7.95. The molecule has 2 aromatic rings. The molecule has 1 aromatic heterocycles. The van der Waals surface area contributed by atoms with Crippen LogP contribution in [0.25, 0.3) is 0 Å². The van der Waals surface area contributed by atoms with Crippen LogP contribution in [0.15, 0.2) is 47.1 Å². The topological polar surface area (TPSA) is 80.2 Å². The Morgan fingerprint density at radius 2 is 1.86 bits per heavy atom. The fraction of sp³-hybridized carbons (Fsp3) is 0.455. The maximum atomic E-state index is 12.3. The first kappa shape index (κ1) is 21.1. The molecule has 1 aliphatic rings. The monoisotopic (exact) mass is 400 g/mol. The van der Waals surface area contributed by atoms with E-state index in [0.717, 1.165) is 38.2 Å². The summed E-state index contributed by atoms with van der Waals surface area (Å²) in [6.45, 7) is 3.64. The number of quaternary nitrogens is 2. The minimum atomic E-state index is -0.587. The third-order valence-electron chi connectivity index (χ3n) is 5.44. The Balaban J connectivity index is 1.56. The molecule has 1 aliphatic heterocycles. The molecular weight excluding hydrogens is 368 g/mol. The van der Waals surface area contributed by atoms with Crippen molar-refractivity contribution < 1.29 is 23.8 Å². The van der Waals surface area contributed by atoms with Gasteiger partial charge < -0.3 is 24.9 Å². The number of amides is 2. The second kappa shape index (κ2) is 10.2. The van der Waals surface area contributed by atoms with Gasteiger partial charge >= 0.3 is 11.8 Å². The Morgan fingerprint density at radius 3 is 2.59 bits per heavy atom. The summed E-state index contributed by atoms with van der Waals surface area (Å²) < 4.78 is 5.66. The molecule has 2 atom stereocenters. The molecule has 29 heavy (non-hydrogen) atoms. The van der Waals surface area contributed by atoms with Crippen LogP contribution >= 0.6 is 0 Å². The molecule has 0 saturated carbocycles. The highest BCUT2D eigenvalue weighted by molar-refractivity contribution is 6.35. The number of rotatable bonds is 8. The standard InChI is InChI=1S/C22H30N4O3/c1-25(2)12-6-11-23-21(27)22(28)24-15-19(20-9-5-14-29-20)26-13-10-17-7-3-4-8-18(17)16-26/h3-5,7-9,14,19H,6,10-13,15-16H2,1-2H3,(H,23,27)(H,24,28)/p+2/t19-/m1/s1. The van der Waals surface area contributed by atoms with Crippen LogP contribution in [0.4, 0.5) is 0 Å². The van der Waals surface area contributed by atoms with Crippen molar-refractivity contribution in [1.29, 1.82) is 0 Å². The zero-order chi connectivity index (χ0) is 20.6. The summed E-state index contributed by atoms with van der Waals surface area (Å²) in [6, 6.07) is 12.2. The highest BCUT2D eigenvalue weighted by atomic mass is 16.3. The third-order valence-corrected chi connectivity index (χ3v) is 5.44. The molecule has 7 nitrogen and oxygen atoms in total. The maximum Gasteiger partial charge on any atom is 0.309 e. The number of nitrogens with one attached hydrogen (secondary N) is 4. The Bertz CT molecular complexity index is 804. The number of fused-ring (bicyclic) bond motifs is 1. The first-order valence-corrected chi connectivity index (χ1v) is 10.3. The molecule has 0 fully saturated rings. The lowest BCUT2D eigenvalue weighted by Gasteiger charge is -2.31. The van der Waals surface area contributed by atoms with Crippen molar-refractivity contribution in [2.75, 3.05) is 40.3 Å². The van der Waals surface area contributed by atoms with Crippen molar-refractivity contribution in [3.8, 4) is 0 Å². The van der Waals surface area contributed by atoms with Crippen molar-refractivity contribution in [3.05, 3.63) is 59.5 Å².